The maximum Gasteiger partial charge on any atom is 0.331 e. The Balaban J connectivity index is 1.21. The Morgan fingerprint density at radius 2 is 1.62 bits per heavy atom. The predicted octanol–water partition coefficient (Wildman–Crippen LogP) is 5.66. The van der Waals surface area contributed by atoms with Crippen LogP contribution in [0.3, 0.4) is 0 Å². The first-order valence-electron chi connectivity index (χ1n) is 12.7. The fourth-order valence-corrected chi connectivity index (χ4v) is 6.60. The van der Waals surface area contributed by atoms with E-state index in [-0.39, 0.29) is 18.5 Å². The Bertz CT molecular complexity index is 1040. The van der Waals surface area contributed by atoms with Crippen LogP contribution in [0.2, 0.25) is 0 Å². The van der Waals surface area contributed by atoms with Crippen molar-refractivity contribution < 1.29 is 14.3 Å². The van der Waals surface area contributed by atoms with Gasteiger partial charge in [0.05, 0.1) is 5.41 Å². The molecule has 4 heteroatoms. The smallest absolute Gasteiger partial charge is 0.331 e. The molecule has 0 radical (unpaired) electrons. The summed E-state index contributed by atoms with van der Waals surface area (Å²) in [5.41, 5.74) is 2.14. The van der Waals surface area contributed by atoms with Gasteiger partial charge in [0, 0.05) is 12.1 Å². The third-order valence-electron chi connectivity index (χ3n) is 8.34. The van der Waals surface area contributed by atoms with Gasteiger partial charge in [0.25, 0.3) is 0 Å². The molecule has 1 N–H and O–H groups in total. The fraction of sp³-hybridized carbons (Fsp3) is 0.467. The van der Waals surface area contributed by atoms with Crippen molar-refractivity contribution >= 4 is 18.0 Å². The number of carbonyl (C=O) groups excluding carboxylic acids is 2. The average molecular weight is 458 g/mol. The van der Waals surface area contributed by atoms with E-state index in [0.717, 1.165) is 28.5 Å². The number of carbonyl (C=O) groups is 2. The van der Waals surface area contributed by atoms with Crippen LogP contribution >= 0.6 is 0 Å². The van der Waals surface area contributed by atoms with E-state index in [1.807, 2.05) is 68.4 Å². The van der Waals surface area contributed by atoms with Crippen molar-refractivity contribution in [2.75, 3.05) is 0 Å². The fourth-order valence-electron chi connectivity index (χ4n) is 6.60. The van der Waals surface area contributed by atoms with Gasteiger partial charge in [-0.15, -0.1) is 0 Å². The third-order valence-corrected chi connectivity index (χ3v) is 8.34. The van der Waals surface area contributed by atoms with E-state index >= 15 is 0 Å². The molecule has 4 saturated carbocycles. The third kappa shape index (κ3) is 4.82. The summed E-state index contributed by atoms with van der Waals surface area (Å²) in [6.07, 6.45) is 9.78. The van der Waals surface area contributed by atoms with Crippen LogP contribution in [0.5, 0.6) is 0 Å². The van der Waals surface area contributed by atoms with Crippen LogP contribution in [0.25, 0.3) is 6.08 Å². The maximum absolute atomic E-state index is 13.5. The van der Waals surface area contributed by atoms with Crippen molar-refractivity contribution in [2.45, 2.75) is 64.0 Å². The largest absolute Gasteiger partial charge is 0.458 e. The van der Waals surface area contributed by atoms with Crippen LogP contribution < -0.4 is 5.32 Å². The van der Waals surface area contributed by atoms with E-state index in [1.54, 1.807) is 6.08 Å². The average Bonchev–Trinajstić information content (AvgIpc) is 2.84. The molecule has 1 amide bonds. The van der Waals surface area contributed by atoms with Gasteiger partial charge in [0.15, 0.2) is 0 Å². The minimum atomic E-state index is -0.646. The van der Waals surface area contributed by atoms with Gasteiger partial charge in [-0.25, -0.2) is 4.79 Å². The lowest BCUT2D eigenvalue weighted by atomic mass is 9.54. The molecule has 178 valence electrons. The summed E-state index contributed by atoms with van der Waals surface area (Å²) < 4.78 is 5.33. The Labute approximate surface area is 202 Å². The van der Waals surface area contributed by atoms with Gasteiger partial charge in [-0.05, 0) is 92.4 Å². The van der Waals surface area contributed by atoms with Gasteiger partial charge >= 0.3 is 5.97 Å². The minimum Gasteiger partial charge on any atom is -0.458 e. The standard InChI is InChI=1S/C30H35NO3/c1-30(2,29(33)31-28-24-14-22-13-23(16-24)17-25(28)15-22)26-10-6-9-20(18-26)11-12-27(32)34-19-21-7-4-3-5-8-21/h3-12,18,22-25,28H,13-17,19H2,1-2H3,(H,31,33)/b12-11+. The number of amides is 1. The minimum absolute atomic E-state index is 0.105. The summed E-state index contributed by atoms with van der Waals surface area (Å²) in [5.74, 6) is 2.83. The number of rotatable bonds is 7. The lowest BCUT2D eigenvalue weighted by Crippen LogP contribution is -2.58. The molecular weight excluding hydrogens is 422 g/mol. The zero-order chi connectivity index (χ0) is 23.7. The van der Waals surface area contributed by atoms with Gasteiger partial charge in [0.1, 0.15) is 6.61 Å². The highest BCUT2D eigenvalue weighted by Gasteiger charge is 2.49. The summed E-state index contributed by atoms with van der Waals surface area (Å²) >= 11 is 0. The highest BCUT2D eigenvalue weighted by atomic mass is 16.5. The number of ether oxygens (including phenoxy) is 1. The van der Waals surface area contributed by atoms with Crippen molar-refractivity contribution in [3.63, 3.8) is 0 Å². The highest BCUT2D eigenvalue weighted by molar-refractivity contribution is 5.89. The quantitative estimate of drug-likeness (QED) is 0.431. The van der Waals surface area contributed by atoms with Gasteiger partial charge in [-0.1, -0.05) is 54.6 Å². The Morgan fingerprint density at radius 3 is 2.29 bits per heavy atom. The number of nitrogens with one attached hydrogen (secondary N) is 1. The molecule has 4 bridgehead atoms. The lowest BCUT2D eigenvalue weighted by Gasteiger charge is -2.54. The number of hydrogen-bond donors (Lipinski definition) is 1. The molecule has 34 heavy (non-hydrogen) atoms. The van der Waals surface area contributed by atoms with Gasteiger partial charge < -0.3 is 10.1 Å². The Kier molecular flexibility index (Phi) is 6.33. The Morgan fingerprint density at radius 1 is 0.941 bits per heavy atom. The molecule has 4 aliphatic rings. The molecule has 0 spiro atoms. The topological polar surface area (TPSA) is 55.4 Å². The molecule has 0 unspecified atom stereocenters. The van der Waals surface area contributed by atoms with Crippen molar-refractivity contribution in [3.8, 4) is 0 Å². The zero-order valence-electron chi connectivity index (χ0n) is 20.2. The van der Waals surface area contributed by atoms with E-state index in [9.17, 15) is 9.59 Å². The number of esters is 1. The van der Waals surface area contributed by atoms with E-state index in [4.69, 9.17) is 4.74 Å². The molecule has 6 rings (SSSR count). The van der Waals surface area contributed by atoms with E-state index in [1.165, 1.54) is 38.2 Å². The molecule has 0 heterocycles. The van der Waals surface area contributed by atoms with Crippen LogP contribution in [-0.2, 0) is 26.3 Å². The summed E-state index contributed by atoms with van der Waals surface area (Å²) in [6, 6.07) is 17.9. The van der Waals surface area contributed by atoms with E-state index in [0.29, 0.717) is 17.9 Å². The molecule has 0 saturated heterocycles. The molecular formula is C30H35NO3. The first kappa shape index (κ1) is 22.9. The molecule has 0 aliphatic heterocycles. The number of hydrogen-bond acceptors (Lipinski definition) is 3. The first-order valence-corrected chi connectivity index (χ1v) is 12.7. The SMILES string of the molecule is CC(C)(C(=O)NC1C2CC3CC(C2)CC1C3)c1cccc(/C=C/C(=O)OCc2ccccc2)c1. The maximum atomic E-state index is 13.5. The van der Waals surface area contributed by atoms with Crippen LogP contribution in [0.4, 0.5) is 0 Å². The van der Waals surface area contributed by atoms with Gasteiger partial charge in [-0.3, -0.25) is 4.79 Å². The molecule has 4 fully saturated rings. The second kappa shape index (κ2) is 9.40. The van der Waals surface area contributed by atoms with Gasteiger partial charge in [-0.2, -0.15) is 0 Å². The molecule has 0 aromatic heterocycles. The second-order valence-electron chi connectivity index (χ2n) is 11.1. The Hall–Kier alpha value is -2.88. The van der Waals surface area contributed by atoms with Crippen molar-refractivity contribution in [3.05, 3.63) is 77.4 Å². The van der Waals surface area contributed by atoms with Crippen LogP contribution in [0.1, 0.15) is 62.6 Å². The molecule has 0 atom stereocenters. The monoisotopic (exact) mass is 457 g/mol. The first-order chi connectivity index (χ1) is 16.4. The molecule has 2 aromatic carbocycles. The highest BCUT2D eigenvalue weighted by Crippen LogP contribution is 2.53. The van der Waals surface area contributed by atoms with E-state index in [2.05, 4.69) is 5.32 Å². The summed E-state index contributed by atoms with van der Waals surface area (Å²) in [4.78, 5) is 25.6. The lowest BCUT2D eigenvalue weighted by molar-refractivity contribution is -0.139. The van der Waals surface area contributed by atoms with Gasteiger partial charge in [0.2, 0.25) is 5.91 Å². The van der Waals surface area contributed by atoms with Crippen LogP contribution in [0, 0.1) is 23.7 Å². The summed E-state index contributed by atoms with van der Waals surface area (Å²) in [7, 11) is 0. The normalized spacial score (nSPS) is 27.6. The van der Waals surface area contributed by atoms with Crippen LogP contribution in [0.15, 0.2) is 60.7 Å². The summed E-state index contributed by atoms with van der Waals surface area (Å²) in [5, 5.41) is 3.47. The van der Waals surface area contributed by atoms with Crippen molar-refractivity contribution in [1.29, 1.82) is 0 Å². The van der Waals surface area contributed by atoms with E-state index < -0.39 is 5.41 Å². The van der Waals surface area contributed by atoms with Crippen molar-refractivity contribution in [1.82, 2.24) is 5.32 Å². The number of benzene rings is 2. The zero-order valence-corrected chi connectivity index (χ0v) is 20.2. The van der Waals surface area contributed by atoms with Crippen LogP contribution in [-0.4, -0.2) is 17.9 Å². The molecule has 4 aliphatic carbocycles. The summed E-state index contributed by atoms with van der Waals surface area (Å²) in [6.45, 7) is 4.24. The molecule has 4 nitrogen and oxygen atoms in total. The second-order valence-corrected chi connectivity index (χ2v) is 11.1. The molecule has 2 aromatic rings. The predicted molar refractivity (Wildman–Crippen MR) is 134 cm³/mol. The van der Waals surface area contributed by atoms with Crippen molar-refractivity contribution in [2.24, 2.45) is 23.7 Å².